The minimum atomic E-state index is 0.499. The van der Waals surface area contributed by atoms with Crippen LogP contribution in [0.4, 0.5) is 0 Å². The summed E-state index contributed by atoms with van der Waals surface area (Å²) in [6.45, 7) is 8.77. The Morgan fingerprint density at radius 2 is 2.00 bits per heavy atom. The second kappa shape index (κ2) is 7.25. The highest BCUT2D eigenvalue weighted by Crippen LogP contribution is 2.32. The van der Waals surface area contributed by atoms with Gasteiger partial charge in [-0.2, -0.15) is 0 Å². The lowest BCUT2D eigenvalue weighted by Gasteiger charge is -2.18. The van der Waals surface area contributed by atoms with Crippen LogP contribution in [0.3, 0.4) is 0 Å². The van der Waals surface area contributed by atoms with E-state index in [1.54, 1.807) is 7.11 Å². The molecule has 0 heterocycles. The maximum absolute atomic E-state index is 5.44. The van der Waals surface area contributed by atoms with Crippen LogP contribution in [0.1, 0.15) is 63.5 Å². The summed E-state index contributed by atoms with van der Waals surface area (Å²) < 4.78 is 5.44. The lowest BCUT2D eigenvalue weighted by Crippen LogP contribution is -2.00. The zero-order valence-corrected chi connectivity index (χ0v) is 12.4. The summed E-state index contributed by atoms with van der Waals surface area (Å²) in [7, 11) is 1.75. The van der Waals surface area contributed by atoms with Gasteiger partial charge in [0, 0.05) is 0 Å². The van der Waals surface area contributed by atoms with Crippen molar-refractivity contribution < 1.29 is 4.74 Å². The molecule has 0 saturated heterocycles. The van der Waals surface area contributed by atoms with Crippen molar-refractivity contribution >= 4 is 0 Å². The molecule has 0 N–H and O–H groups in total. The first kappa shape index (κ1) is 14.8. The van der Waals surface area contributed by atoms with Crippen molar-refractivity contribution in [1.29, 1.82) is 0 Å². The Morgan fingerprint density at radius 3 is 2.50 bits per heavy atom. The highest BCUT2D eigenvalue weighted by Gasteiger charge is 2.13. The largest absolute Gasteiger partial charge is 0.496 e. The first-order valence-electron chi connectivity index (χ1n) is 6.92. The van der Waals surface area contributed by atoms with E-state index in [-0.39, 0.29) is 0 Å². The molecule has 0 spiro atoms. The van der Waals surface area contributed by atoms with Crippen LogP contribution < -0.4 is 4.74 Å². The fraction of sp³-hybridized carbons (Fsp3) is 0.529. The average Bonchev–Trinajstić information content (AvgIpc) is 2.39. The Kier molecular flexibility index (Phi) is 5.97. The third kappa shape index (κ3) is 3.63. The molecule has 1 aromatic rings. The van der Waals surface area contributed by atoms with Crippen LogP contribution in [0.15, 0.2) is 30.4 Å². The van der Waals surface area contributed by atoms with Gasteiger partial charge in [-0.15, -0.1) is 0 Å². The summed E-state index contributed by atoms with van der Waals surface area (Å²) in [4.78, 5) is 0. The van der Waals surface area contributed by atoms with Gasteiger partial charge in [0.25, 0.3) is 0 Å². The highest BCUT2D eigenvalue weighted by atomic mass is 16.5. The molecule has 0 saturated carbocycles. The fourth-order valence-corrected chi connectivity index (χ4v) is 2.30. The number of ether oxygens (including phenoxy) is 1. The summed E-state index contributed by atoms with van der Waals surface area (Å²) in [5.41, 5.74) is 2.74. The summed E-state index contributed by atoms with van der Waals surface area (Å²) >= 11 is 0. The molecule has 1 atom stereocenters. The molecule has 0 fully saturated rings. The third-order valence-electron chi connectivity index (χ3n) is 3.50. The van der Waals surface area contributed by atoms with Crippen molar-refractivity contribution in [2.45, 2.75) is 52.4 Å². The standard InChI is InChI=1S/C17H26O/c1-6-8-9-14(7-2)15-10-11-17(18-5)16(12-15)13(3)4/h6,8,10-14H,7,9H2,1-5H3/b8-6-. The monoisotopic (exact) mass is 246 g/mol. The van der Waals surface area contributed by atoms with Gasteiger partial charge in [0.1, 0.15) is 5.75 Å². The summed E-state index contributed by atoms with van der Waals surface area (Å²) in [6.07, 6.45) is 6.69. The van der Waals surface area contributed by atoms with E-state index in [2.05, 4.69) is 58.0 Å². The Labute approximate surface area is 112 Å². The molecule has 0 bridgehead atoms. The SMILES string of the molecule is C/C=C\CC(CC)c1ccc(OC)c(C(C)C)c1. The minimum Gasteiger partial charge on any atom is -0.496 e. The molecular formula is C17H26O. The fourth-order valence-electron chi connectivity index (χ4n) is 2.30. The predicted molar refractivity (Wildman–Crippen MR) is 79.5 cm³/mol. The second-order valence-electron chi connectivity index (χ2n) is 5.07. The number of hydrogen-bond donors (Lipinski definition) is 0. The molecule has 0 aromatic heterocycles. The van der Waals surface area contributed by atoms with Gasteiger partial charge in [-0.05, 0) is 48.8 Å². The van der Waals surface area contributed by atoms with Crippen molar-refractivity contribution in [2.75, 3.05) is 7.11 Å². The number of methoxy groups -OCH3 is 1. The Morgan fingerprint density at radius 1 is 1.28 bits per heavy atom. The van der Waals surface area contributed by atoms with E-state index in [0.29, 0.717) is 11.8 Å². The van der Waals surface area contributed by atoms with Gasteiger partial charge in [-0.1, -0.05) is 45.1 Å². The molecule has 18 heavy (non-hydrogen) atoms. The number of rotatable bonds is 6. The van der Waals surface area contributed by atoms with Crippen LogP contribution in [-0.4, -0.2) is 7.11 Å². The topological polar surface area (TPSA) is 9.23 Å². The van der Waals surface area contributed by atoms with Gasteiger partial charge in [-0.3, -0.25) is 0 Å². The molecule has 1 heteroatoms. The highest BCUT2D eigenvalue weighted by molar-refractivity contribution is 5.40. The first-order chi connectivity index (χ1) is 8.63. The molecule has 1 aromatic carbocycles. The maximum Gasteiger partial charge on any atom is 0.122 e. The van der Waals surface area contributed by atoms with E-state index >= 15 is 0 Å². The van der Waals surface area contributed by atoms with Gasteiger partial charge in [0.05, 0.1) is 7.11 Å². The van der Waals surface area contributed by atoms with Crippen LogP contribution in [0.2, 0.25) is 0 Å². The van der Waals surface area contributed by atoms with Crippen molar-refractivity contribution in [3.63, 3.8) is 0 Å². The van der Waals surface area contributed by atoms with Crippen LogP contribution >= 0.6 is 0 Å². The minimum absolute atomic E-state index is 0.499. The number of allylic oxidation sites excluding steroid dienone is 2. The molecule has 0 aliphatic rings. The zero-order chi connectivity index (χ0) is 13.5. The third-order valence-corrected chi connectivity index (χ3v) is 3.50. The molecule has 0 amide bonds. The van der Waals surface area contributed by atoms with E-state index in [9.17, 15) is 0 Å². The quantitative estimate of drug-likeness (QED) is 0.621. The summed E-state index contributed by atoms with van der Waals surface area (Å²) in [6, 6.07) is 6.65. The Hall–Kier alpha value is -1.24. The molecule has 0 radical (unpaired) electrons. The molecule has 100 valence electrons. The van der Waals surface area contributed by atoms with Crippen LogP contribution in [0, 0.1) is 0 Å². The predicted octanol–water partition coefficient (Wildman–Crippen LogP) is 5.28. The van der Waals surface area contributed by atoms with Gasteiger partial charge in [0.15, 0.2) is 0 Å². The van der Waals surface area contributed by atoms with Crippen molar-refractivity contribution in [1.82, 2.24) is 0 Å². The lowest BCUT2D eigenvalue weighted by atomic mass is 9.89. The molecule has 1 unspecified atom stereocenters. The average molecular weight is 246 g/mol. The smallest absolute Gasteiger partial charge is 0.122 e. The van der Waals surface area contributed by atoms with Crippen molar-refractivity contribution in [2.24, 2.45) is 0 Å². The van der Waals surface area contributed by atoms with Gasteiger partial charge in [0.2, 0.25) is 0 Å². The first-order valence-corrected chi connectivity index (χ1v) is 6.92. The lowest BCUT2D eigenvalue weighted by molar-refractivity contribution is 0.407. The van der Waals surface area contributed by atoms with Crippen LogP contribution in [0.25, 0.3) is 0 Å². The normalized spacial score (nSPS) is 13.2. The molecule has 1 nitrogen and oxygen atoms in total. The van der Waals surface area contributed by atoms with Crippen molar-refractivity contribution in [3.8, 4) is 5.75 Å². The summed E-state index contributed by atoms with van der Waals surface area (Å²) in [5.74, 6) is 2.12. The second-order valence-corrected chi connectivity index (χ2v) is 5.07. The van der Waals surface area contributed by atoms with Gasteiger partial charge in [-0.25, -0.2) is 0 Å². The zero-order valence-electron chi connectivity index (χ0n) is 12.4. The number of hydrogen-bond acceptors (Lipinski definition) is 1. The molecule has 1 rings (SSSR count). The Bertz CT molecular complexity index is 391. The molecule has 0 aliphatic carbocycles. The number of benzene rings is 1. The molecule has 0 aliphatic heterocycles. The Balaban J connectivity index is 3.05. The summed E-state index contributed by atoms with van der Waals surface area (Å²) in [5, 5.41) is 0. The molecular weight excluding hydrogens is 220 g/mol. The van der Waals surface area contributed by atoms with Crippen LogP contribution in [-0.2, 0) is 0 Å². The van der Waals surface area contributed by atoms with Gasteiger partial charge < -0.3 is 4.74 Å². The maximum atomic E-state index is 5.44. The van der Waals surface area contributed by atoms with Gasteiger partial charge >= 0.3 is 0 Å². The van der Waals surface area contributed by atoms with E-state index in [0.717, 1.165) is 12.2 Å². The van der Waals surface area contributed by atoms with E-state index < -0.39 is 0 Å². The van der Waals surface area contributed by atoms with E-state index in [1.807, 2.05) is 0 Å². The van der Waals surface area contributed by atoms with E-state index in [4.69, 9.17) is 4.74 Å². The van der Waals surface area contributed by atoms with Crippen LogP contribution in [0.5, 0.6) is 5.75 Å². The van der Waals surface area contributed by atoms with Crippen molar-refractivity contribution in [3.05, 3.63) is 41.5 Å². The van der Waals surface area contributed by atoms with E-state index in [1.165, 1.54) is 17.5 Å².